The number of nitrogens with zero attached hydrogens (tertiary/aromatic N) is 2. The van der Waals surface area contributed by atoms with E-state index in [1.165, 1.54) is 30.4 Å². The van der Waals surface area contributed by atoms with Gasteiger partial charge in [0, 0.05) is 47.2 Å². The molecule has 0 saturated carbocycles. The Balaban J connectivity index is 1.95. The number of benzene rings is 2. The Bertz CT molecular complexity index is 1480. The molecule has 0 atom stereocenters. The van der Waals surface area contributed by atoms with Gasteiger partial charge in [-0.25, -0.2) is 9.97 Å². The second kappa shape index (κ2) is 14.7. The second-order valence-electron chi connectivity index (χ2n) is 9.52. The van der Waals surface area contributed by atoms with Crippen LogP contribution >= 0.6 is 23.5 Å². The van der Waals surface area contributed by atoms with Gasteiger partial charge in [-0.3, -0.25) is 9.59 Å². The lowest BCUT2D eigenvalue weighted by Crippen LogP contribution is -2.15. The molecule has 3 rings (SSSR count). The molecule has 0 unspecified atom stereocenters. The minimum Gasteiger partial charge on any atom is -0.330 e. The monoisotopic (exact) mass is 644 g/mol. The molecule has 232 valence electrons. The molecule has 0 spiro atoms. The Morgan fingerprint density at radius 2 is 1.16 bits per heavy atom. The van der Waals surface area contributed by atoms with Crippen molar-refractivity contribution in [3.8, 4) is 0 Å². The van der Waals surface area contributed by atoms with Crippen molar-refractivity contribution < 1.29 is 35.9 Å². The van der Waals surface area contributed by atoms with Crippen molar-refractivity contribution >= 4 is 35.1 Å². The third-order valence-electron chi connectivity index (χ3n) is 6.30. The summed E-state index contributed by atoms with van der Waals surface area (Å²) in [7, 11) is 0. The first-order chi connectivity index (χ1) is 20.2. The van der Waals surface area contributed by atoms with Crippen LogP contribution in [0.4, 0.5) is 26.3 Å². The van der Waals surface area contributed by atoms with E-state index in [0.717, 1.165) is 36.7 Å². The average molecular weight is 645 g/mol. The first kappa shape index (κ1) is 34.5. The molecule has 6 nitrogen and oxygen atoms in total. The van der Waals surface area contributed by atoms with Crippen LogP contribution in [0.15, 0.2) is 46.5 Å². The predicted octanol–water partition coefficient (Wildman–Crippen LogP) is 6.34. The Kier molecular flexibility index (Phi) is 11.8. The number of alkyl halides is 6. The number of aromatic nitrogens is 2. The van der Waals surface area contributed by atoms with E-state index in [0.29, 0.717) is 38.8 Å². The maximum Gasteiger partial charge on any atom is 0.416 e. The standard InChI is InChI=1S/C29H30F6N4O2S2/c1-3-17-9-21(29(33,34)35)11-19(27(17)43-7-5-37)13-25(41)23-14-22(38-15-39-23)24(40)12-18-10-20(28(30,31)32)8-16(2)26(18)42-6-4-36/h8-11,14-15H,3-7,12-13,36-37H2,1-2H3. The fourth-order valence-electron chi connectivity index (χ4n) is 4.36. The van der Waals surface area contributed by atoms with Gasteiger partial charge in [0.1, 0.15) is 17.7 Å². The quantitative estimate of drug-likeness (QED) is 0.126. The van der Waals surface area contributed by atoms with Crippen LogP contribution in [0.5, 0.6) is 0 Å². The van der Waals surface area contributed by atoms with E-state index < -0.39 is 47.9 Å². The topological polar surface area (TPSA) is 112 Å². The van der Waals surface area contributed by atoms with E-state index in [1.54, 1.807) is 6.92 Å². The van der Waals surface area contributed by atoms with Crippen molar-refractivity contribution in [2.75, 3.05) is 24.6 Å². The summed E-state index contributed by atoms with van der Waals surface area (Å²) in [6.45, 7) is 3.77. The molecule has 0 aliphatic heterocycles. The maximum absolute atomic E-state index is 13.6. The summed E-state index contributed by atoms with van der Waals surface area (Å²) < 4.78 is 81.4. The van der Waals surface area contributed by atoms with Crippen molar-refractivity contribution in [3.05, 3.63) is 81.4 Å². The van der Waals surface area contributed by atoms with Gasteiger partial charge in [-0.05, 0) is 65.9 Å². The van der Waals surface area contributed by atoms with E-state index in [2.05, 4.69) is 9.97 Å². The number of carbonyl (C=O) groups excluding carboxylic acids is 2. The highest BCUT2D eigenvalue weighted by Crippen LogP contribution is 2.38. The molecular weight excluding hydrogens is 614 g/mol. The molecule has 0 radical (unpaired) electrons. The number of hydrogen-bond donors (Lipinski definition) is 2. The number of hydrogen-bond acceptors (Lipinski definition) is 8. The molecule has 0 aliphatic carbocycles. The highest BCUT2D eigenvalue weighted by molar-refractivity contribution is 7.99. The maximum atomic E-state index is 13.6. The van der Waals surface area contributed by atoms with E-state index >= 15 is 0 Å². The van der Waals surface area contributed by atoms with Crippen LogP contribution in [0.1, 0.15) is 61.3 Å². The fourth-order valence-corrected chi connectivity index (χ4v) is 6.31. The lowest BCUT2D eigenvalue weighted by Gasteiger charge is -2.17. The van der Waals surface area contributed by atoms with E-state index in [1.807, 2.05) is 0 Å². The number of thioether (sulfide) groups is 2. The summed E-state index contributed by atoms with van der Waals surface area (Å²) in [6.07, 6.45) is -8.86. The van der Waals surface area contributed by atoms with E-state index in [9.17, 15) is 35.9 Å². The van der Waals surface area contributed by atoms with Crippen LogP contribution in [-0.2, 0) is 31.6 Å². The van der Waals surface area contributed by atoms with E-state index in [4.69, 9.17) is 11.5 Å². The van der Waals surface area contributed by atoms with Crippen LogP contribution in [-0.4, -0.2) is 46.1 Å². The van der Waals surface area contributed by atoms with Crippen molar-refractivity contribution in [2.45, 2.75) is 55.3 Å². The first-order valence-electron chi connectivity index (χ1n) is 13.2. The molecule has 0 amide bonds. The molecule has 3 aromatic rings. The molecule has 0 saturated heterocycles. The second-order valence-corrected chi connectivity index (χ2v) is 11.7. The van der Waals surface area contributed by atoms with Gasteiger partial charge in [0.05, 0.1) is 11.1 Å². The van der Waals surface area contributed by atoms with Crippen LogP contribution in [0.2, 0.25) is 0 Å². The molecule has 0 fully saturated rings. The normalized spacial score (nSPS) is 12.0. The van der Waals surface area contributed by atoms with Gasteiger partial charge in [-0.15, -0.1) is 23.5 Å². The summed E-state index contributed by atoms with van der Waals surface area (Å²) >= 11 is 2.48. The fraction of sp³-hybridized carbons (Fsp3) is 0.379. The average Bonchev–Trinajstić information content (AvgIpc) is 2.94. The summed E-state index contributed by atoms with van der Waals surface area (Å²) in [5.74, 6) is -0.468. The molecule has 1 aromatic heterocycles. The highest BCUT2D eigenvalue weighted by Gasteiger charge is 2.33. The molecule has 2 aromatic carbocycles. The largest absolute Gasteiger partial charge is 0.416 e. The van der Waals surface area contributed by atoms with Crippen LogP contribution in [0.3, 0.4) is 0 Å². The third kappa shape index (κ3) is 9.03. The minimum absolute atomic E-state index is 0.139. The number of nitrogens with two attached hydrogens (primary N) is 2. The van der Waals surface area contributed by atoms with Gasteiger partial charge in [0.2, 0.25) is 0 Å². The Morgan fingerprint density at radius 3 is 1.63 bits per heavy atom. The number of carbonyl (C=O) groups is 2. The zero-order valence-corrected chi connectivity index (χ0v) is 25.0. The van der Waals surface area contributed by atoms with Crippen molar-refractivity contribution in [1.29, 1.82) is 0 Å². The summed E-state index contributed by atoms with van der Waals surface area (Å²) in [4.78, 5) is 35.3. The summed E-state index contributed by atoms with van der Waals surface area (Å²) in [6, 6.07) is 5.02. The van der Waals surface area contributed by atoms with Gasteiger partial charge < -0.3 is 11.5 Å². The van der Waals surface area contributed by atoms with Gasteiger partial charge in [0.15, 0.2) is 11.6 Å². The molecule has 1 heterocycles. The van der Waals surface area contributed by atoms with Gasteiger partial charge >= 0.3 is 12.4 Å². The predicted molar refractivity (Wildman–Crippen MR) is 155 cm³/mol. The highest BCUT2D eigenvalue weighted by atomic mass is 32.2. The van der Waals surface area contributed by atoms with Gasteiger partial charge in [-0.2, -0.15) is 26.3 Å². The zero-order chi connectivity index (χ0) is 31.9. The SMILES string of the molecule is CCc1cc(C(F)(F)F)cc(CC(=O)c2cc(C(=O)Cc3cc(C(F)(F)F)cc(C)c3SCCN)ncn2)c1SCCN. The number of halogens is 6. The van der Waals surface area contributed by atoms with Crippen molar-refractivity contribution in [2.24, 2.45) is 11.5 Å². The van der Waals surface area contributed by atoms with Gasteiger partial charge in [0.25, 0.3) is 0 Å². The van der Waals surface area contributed by atoms with Crippen molar-refractivity contribution in [1.82, 2.24) is 9.97 Å². The molecular formula is C29H30F6N4O2S2. The number of aryl methyl sites for hydroxylation is 2. The lowest BCUT2D eigenvalue weighted by molar-refractivity contribution is -0.138. The molecule has 14 heteroatoms. The molecule has 0 bridgehead atoms. The number of rotatable bonds is 13. The third-order valence-corrected chi connectivity index (χ3v) is 8.86. The zero-order valence-electron chi connectivity index (χ0n) is 23.4. The van der Waals surface area contributed by atoms with Crippen LogP contribution < -0.4 is 11.5 Å². The Morgan fingerprint density at radius 1 is 0.721 bits per heavy atom. The van der Waals surface area contributed by atoms with E-state index in [-0.39, 0.29) is 35.6 Å². The number of Topliss-reactive ketones (excluding diaryl/α,β-unsaturated/α-hetero) is 2. The summed E-state index contributed by atoms with van der Waals surface area (Å²) in [5.41, 5.74) is 10.0. The van der Waals surface area contributed by atoms with Gasteiger partial charge in [-0.1, -0.05) is 6.92 Å². The number of ketones is 2. The first-order valence-corrected chi connectivity index (χ1v) is 15.1. The minimum atomic E-state index is -4.63. The van der Waals surface area contributed by atoms with Crippen LogP contribution in [0.25, 0.3) is 0 Å². The Hall–Kier alpha value is -2.94. The molecule has 4 N–H and O–H groups in total. The Labute approximate surface area is 253 Å². The van der Waals surface area contributed by atoms with Crippen molar-refractivity contribution in [3.63, 3.8) is 0 Å². The summed E-state index contributed by atoms with van der Waals surface area (Å²) in [5, 5.41) is 0. The van der Waals surface area contributed by atoms with Crippen LogP contribution in [0, 0.1) is 6.92 Å². The smallest absolute Gasteiger partial charge is 0.330 e. The molecule has 0 aliphatic rings. The lowest BCUT2D eigenvalue weighted by atomic mass is 9.98. The molecule has 43 heavy (non-hydrogen) atoms.